The van der Waals surface area contributed by atoms with Gasteiger partial charge in [0, 0.05) is 36.5 Å². The lowest BCUT2D eigenvalue weighted by Crippen LogP contribution is -2.25. The predicted octanol–water partition coefficient (Wildman–Crippen LogP) is 5.81. The minimum absolute atomic E-state index is 0.0354. The highest BCUT2D eigenvalue weighted by molar-refractivity contribution is 5.98. The molecule has 0 radical (unpaired) electrons. The normalized spacial score (nSPS) is 22.4. The van der Waals surface area contributed by atoms with Crippen LogP contribution in [0, 0.1) is 5.92 Å². The number of fused-ring (bicyclic) bond motifs is 1. The zero-order chi connectivity index (χ0) is 29.4. The van der Waals surface area contributed by atoms with Crippen molar-refractivity contribution < 1.29 is 26.9 Å². The summed E-state index contributed by atoms with van der Waals surface area (Å²) in [6.07, 6.45) is -4.10. The minimum atomic E-state index is -4.52. The Morgan fingerprint density at radius 2 is 1.98 bits per heavy atom. The highest BCUT2D eigenvalue weighted by Crippen LogP contribution is 2.47. The standard InChI is InChI=1S/C30H30F4N6O2/c1-39-11-10-20(12-19(31)16-39)36-24-8-5-9-25-23(24)14-26(40(25)17-30(32,33)34)28-37-27(42-38-28)15-35-29(41)22-13-21(22)18-6-3-2-4-7-18/h2-9,14,19,21-22H,10-13,15-17H2,1H3,(H,35,41)/b36-20+/t19-,21-,22+/m1/s1. The van der Waals surface area contributed by atoms with Crippen LogP contribution in [-0.4, -0.2) is 63.7 Å². The quantitative estimate of drug-likeness (QED) is 0.278. The van der Waals surface area contributed by atoms with Crippen LogP contribution in [0.1, 0.15) is 36.6 Å². The smallest absolute Gasteiger partial charge is 0.347 e. The zero-order valence-corrected chi connectivity index (χ0v) is 22.9. The largest absolute Gasteiger partial charge is 0.406 e. The van der Waals surface area contributed by atoms with Crippen LogP contribution in [0.2, 0.25) is 0 Å². The molecule has 3 atom stereocenters. The number of rotatable bonds is 7. The Morgan fingerprint density at radius 3 is 2.76 bits per heavy atom. The van der Waals surface area contributed by atoms with Gasteiger partial charge in [0.05, 0.1) is 23.4 Å². The summed E-state index contributed by atoms with van der Waals surface area (Å²) in [5.41, 5.74) is 2.62. The lowest BCUT2D eigenvalue weighted by atomic mass is 10.1. The molecule has 1 saturated carbocycles. The van der Waals surface area contributed by atoms with E-state index in [0.29, 0.717) is 41.8 Å². The van der Waals surface area contributed by atoms with E-state index in [1.54, 1.807) is 24.3 Å². The molecule has 0 bridgehead atoms. The highest BCUT2D eigenvalue weighted by Gasteiger charge is 2.43. The zero-order valence-electron chi connectivity index (χ0n) is 22.9. The van der Waals surface area contributed by atoms with Gasteiger partial charge in [-0.25, -0.2) is 4.39 Å². The first-order chi connectivity index (χ1) is 20.1. The van der Waals surface area contributed by atoms with Crippen LogP contribution in [-0.2, 0) is 17.9 Å². The van der Waals surface area contributed by atoms with Crippen molar-refractivity contribution in [3.8, 4) is 11.5 Å². The topological polar surface area (TPSA) is 88.6 Å². The molecule has 3 heterocycles. The Morgan fingerprint density at radius 1 is 1.17 bits per heavy atom. The van der Waals surface area contributed by atoms with Crippen LogP contribution in [0.4, 0.5) is 23.2 Å². The number of halogens is 4. The summed E-state index contributed by atoms with van der Waals surface area (Å²) < 4.78 is 61.8. The number of nitrogens with zero attached hydrogens (tertiary/aromatic N) is 5. The van der Waals surface area contributed by atoms with Crippen LogP contribution >= 0.6 is 0 Å². The molecule has 42 heavy (non-hydrogen) atoms. The fraction of sp³-hybridized carbons (Fsp3) is 0.400. The van der Waals surface area contributed by atoms with Crippen LogP contribution in [0.5, 0.6) is 0 Å². The molecule has 2 aliphatic rings. The number of hydrogen-bond donors (Lipinski definition) is 1. The first kappa shape index (κ1) is 28.1. The van der Waals surface area contributed by atoms with Gasteiger partial charge >= 0.3 is 6.18 Å². The Balaban J connectivity index is 1.25. The van der Waals surface area contributed by atoms with Gasteiger partial charge in [0.25, 0.3) is 0 Å². The second-order valence-electron chi connectivity index (χ2n) is 11.0. The van der Waals surface area contributed by atoms with E-state index in [9.17, 15) is 22.4 Å². The molecule has 2 aromatic carbocycles. The average molecular weight is 583 g/mol. The van der Waals surface area contributed by atoms with Gasteiger partial charge in [0.1, 0.15) is 12.7 Å². The Kier molecular flexibility index (Phi) is 7.56. The summed E-state index contributed by atoms with van der Waals surface area (Å²) in [6, 6.07) is 16.2. The summed E-state index contributed by atoms with van der Waals surface area (Å²) >= 11 is 0. The predicted molar refractivity (Wildman–Crippen MR) is 149 cm³/mol. The van der Waals surface area contributed by atoms with E-state index < -0.39 is 18.9 Å². The number of carbonyl (C=O) groups is 1. The molecule has 220 valence electrons. The van der Waals surface area contributed by atoms with Gasteiger partial charge in [0.15, 0.2) is 0 Å². The van der Waals surface area contributed by atoms with Gasteiger partial charge in [-0.2, -0.15) is 18.2 Å². The Hall–Kier alpha value is -4.06. The van der Waals surface area contributed by atoms with Gasteiger partial charge in [-0.1, -0.05) is 41.6 Å². The van der Waals surface area contributed by atoms with Gasteiger partial charge in [-0.15, -0.1) is 0 Å². The number of aromatic nitrogens is 3. The van der Waals surface area contributed by atoms with Crippen molar-refractivity contribution in [2.75, 3.05) is 20.1 Å². The van der Waals surface area contributed by atoms with Crippen molar-refractivity contribution in [1.29, 1.82) is 0 Å². The second-order valence-corrected chi connectivity index (χ2v) is 11.0. The monoisotopic (exact) mass is 582 g/mol. The number of amides is 1. The number of likely N-dealkylation sites (tertiary alicyclic amines) is 1. The van der Waals surface area contributed by atoms with Crippen molar-refractivity contribution in [3.63, 3.8) is 0 Å². The molecule has 1 amide bonds. The molecule has 12 heteroatoms. The number of benzene rings is 2. The average Bonchev–Trinajstić information content (AvgIpc) is 3.53. The van der Waals surface area contributed by atoms with E-state index in [1.807, 2.05) is 42.3 Å². The maximum atomic E-state index is 14.4. The number of hydrogen-bond acceptors (Lipinski definition) is 6. The molecule has 2 aromatic heterocycles. The van der Waals surface area contributed by atoms with Crippen molar-refractivity contribution in [2.45, 2.75) is 50.6 Å². The molecule has 0 spiro atoms. The fourth-order valence-corrected chi connectivity index (χ4v) is 5.62. The maximum Gasteiger partial charge on any atom is 0.406 e. The molecule has 2 fully saturated rings. The van der Waals surface area contributed by atoms with Gasteiger partial charge < -0.3 is 19.3 Å². The van der Waals surface area contributed by atoms with E-state index in [0.717, 1.165) is 16.6 Å². The third-order valence-electron chi connectivity index (χ3n) is 7.75. The SMILES string of the molecule is CN1CC/C(=N\c2cccc3c2cc(-c2noc(CNC(=O)[C@H]4C[C@@H]4c4ccccc4)n2)n3CC(F)(F)F)C[C@@H](F)C1. The van der Waals surface area contributed by atoms with Crippen molar-refractivity contribution >= 4 is 28.2 Å². The minimum Gasteiger partial charge on any atom is -0.347 e. The molecule has 1 aliphatic carbocycles. The number of alkyl halides is 4. The Bertz CT molecular complexity index is 1610. The van der Waals surface area contributed by atoms with Crippen molar-refractivity contribution in [3.05, 3.63) is 66.1 Å². The molecule has 0 unspecified atom stereocenters. The molecule has 1 saturated heterocycles. The summed E-state index contributed by atoms with van der Waals surface area (Å²) in [6.45, 7) is -0.358. The molecule has 1 N–H and O–H groups in total. The van der Waals surface area contributed by atoms with Crippen molar-refractivity contribution in [2.24, 2.45) is 10.9 Å². The summed E-state index contributed by atoms with van der Waals surface area (Å²) in [7, 11) is 1.84. The number of carbonyl (C=O) groups excluding carboxylic acids is 1. The summed E-state index contributed by atoms with van der Waals surface area (Å²) in [5.74, 6) is -0.0812. The van der Waals surface area contributed by atoms with Crippen molar-refractivity contribution in [1.82, 2.24) is 24.9 Å². The van der Waals surface area contributed by atoms with E-state index in [-0.39, 0.29) is 48.1 Å². The first-order valence-corrected chi connectivity index (χ1v) is 13.9. The van der Waals surface area contributed by atoms with E-state index >= 15 is 0 Å². The molecule has 6 rings (SSSR count). The first-order valence-electron chi connectivity index (χ1n) is 13.9. The summed E-state index contributed by atoms with van der Waals surface area (Å²) in [4.78, 5) is 23.5. The van der Waals surface area contributed by atoms with E-state index in [4.69, 9.17) is 4.52 Å². The fourth-order valence-electron chi connectivity index (χ4n) is 5.62. The van der Waals surface area contributed by atoms with Crippen LogP contribution in [0.15, 0.2) is 64.1 Å². The molecule has 1 aliphatic heterocycles. The van der Waals surface area contributed by atoms with Gasteiger partial charge in [-0.3, -0.25) is 9.79 Å². The molecule has 8 nitrogen and oxygen atoms in total. The van der Waals surface area contributed by atoms with Gasteiger partial charge in [0.2, 0.25) is 17.6 Å². The van der Waals surface area contributed by atoms with Crippen LogP contribution in [0.3, 0.4) is 0 Å². The lowest BCUT2D eigenvalue weighted by molar-refractivity contribution is -0.139. The number of aliphatic imine (C=N–C) groups is 1. The molecule has 4 aromatic rings. The molecular weight excluding hydrogens is 552 g/mol. The Labute approximate surface area is 239 Å². The van der Waals surface area contributed by atoms with Gasteiger partial charge in [-0.05, 0) is 49.6 Å². The second kappa shape index (κ2) is 11.3. The third kappa shape index (κ3) is 6.23. The van der Waals surface area contributed by atoms with E-state index in [2.05, 4.69) is 20.4 Å². The maximum absolute atomic E-state index is 14.4. The lowest BCUT2D eigenvalue weighted by Gasteiger charge is -2.12. The van der Waals surface area contributed by atoms with Crippen LogP contribution < -0.4 is 5.32 Å². The summed E-state index contributed by atoms with van der Waals surface area (Å²) in [5, 5.41) is 7.20. The van der Waals surface area contributed by atoms with E-state index in [1.165, 1.54) is 0 Å². The molecular formula is C30H30F4N6O2. The highest BCUT2D eigenvalue weighted by atomic mass is 19.4. The van der Waals surface area contributed by atoms with Crippen LogP contribution in [0.25, 0.3) is 22.4 Å². The third-order valence-corrected chi connectivity index (χ3v) is 7.75. The number of nitrogens with one attached hydrogen (secondary N) is 1.